The minimum atomic E-state index is 0.00940. The molecule has 124 valence electrons. The van der Waals surface area contributed by atoms with E-state index >= 15 is 0 Å². The molecule has 3 rings (SSSR count). The lowest BCUT2D eigenvalue weighted by molar-refractivity contribution is 0.0729. The summed E-state index contributed by atoms with van der Waals surface area (Å²) in [6, 6.07) is 11.2. The van der Waals surface area contributed by atoms with Crippen molar-refractivity contribution in [2.24, 2.45) is 0 Å². The maximum absolute atomic E-state index is 12.8. The summed E-state index contributed by atoms with van der Waals surface area (Å²) in [7, 11) is 0. The van der Waals surface area contributed by atoms with Gasteiger partial charge in [0.05, 0.1) is 12.8 Å². The third-order valence-corrected chi connectivity index (χ3v) is 3.83. The van der Waals surface area contributed by atoms with Crippen LogP contribution < -0.4 is 0 Å². The second-order valence-electron chi connectivity index (χ2n) is 5.58. The number of hydrogen-bond donors (Lipinski definition) is 0. The van der Waals surface area contributed by atoms with Crippen LogP contribution in [0.2, 0.25) is 0 Å². The van der Waals surface area contributed by atoms with Gasteiger partial charge in [0.15, 0.2) is 0 Å². The van der Waals surface area contributed by atoms with Crippen LogP contribution >= 0.6 is 0 Å². The molecular formula is C18H20N4O2. The first-order valence-electron chi connectivity index (χ1n) is 8.04. The Morgan fingerprint density at radius 2 is 1.92 bits per heavy atom. The number of benzene rings is 1. The highest BCUT2D eigenvalue weighted by Crippen LogP contribution is 2.14. The molecule has 0 unspecified atom stereocenters. The van der Waals surface area contributed by atoms with E-state index in [0.29, 0.717) is 18.7 Å². The number of unbranched alkanes of at least 4 members (excludes halogenated alkanes) is 1. The molecule has 0 aliphatic carbocycles. The van der Waals surface area contributed by atoms with Gasteiger partial charge in [-0.3, -0.25) is 9.36 Å². The number of nitrogens with zero attached hydrogens (tertiary/aromatic N) is 4. The third kappa shape index (κ3) is 3.71. The zero-order valence-corrected chi connectivity index (χ0v) is 13.6. The van der Waals surface area contributed by atoms with E-state index in [2.05, 4.69) is 17.1 Å². The lowest BCUT2D eigenvalue weighted by atomic mass is 10.1. The van der Waals surface area contributed by atoms with Crippen LogP contribution in [0.3, 0.4) is 0 Å². The molecular weight excluding hydrogens is 304 g/mol. The predicted octanol–water partition coefficient (Wildman–Crippen LogP) is 3.30. The topological polar surface area (TPSA) is 64.2 Å². The van der Waals surface area contributed by atoms with Crippen LogP contribution in [0, 0.1) is 0 Å². The van der Waals surface area contributed by atoms with E-state index in [1.54, 1.807) is 23.5 Å². The molecule has 0 bridgehead atoms. The van der Waals surface area contributed by atoms with Gasteiger partial charge < -0.3 is 9.32 Å². The summed E-state index contributed by atoms with van der Waals surface area (Å²) in [6.45, 7) is 3.31. The molecule has 0 saturated heterocycles. The standard InChI is InChI=1S/C18H20N4O2/c1-2-3-10-21(12-17-5-4-11-24-17)18(23)15-6-8-16(9-7-15)22-13-19-20-14-22/h4-9,11,13-14H,2-3,10,12H2,1H3. The lowest BCUT2D eigenvalue weighted by Gasteiger charge is -2.21. The van der Waals surface area contributed by atoms with E-state index in [0.717, 1.165) is 24.3 Å². The Morgan fingerprint density at radius 1 is 1.17 bits per heavy atom. The normalized spacial score (nSPS) is 10.7. The average Bonchev–Trinajstić information content (AvgIpc) is 3.32. The summed E-state index contributed by atoms with van der Waals surface area (Å²) in [5.74, 6) is 0.802. The molecule has 1 amide bonds. The van der Waals surface area contributed by atoms with Crippen LogP contribution in [0.5, 0.6) is 0 Å². The van der Waals surface area contributed by atoms with Gasteiger partial charge >= 0.3 is 0 Å². The molecule has 2 heterocycles. The van der Waals surface area contributed by atoms with E-state index in [1.165, 1.54) is 0 Å². The Balaban J connectivity index is 1.75. The van der Waals surface area contributed by atoms with Crippen LogP contribution in [-0.2, 0) is 6.54 Å². The largest absolute Gasteiger partial charge is 0.467 e. The zero-order valence-electron chi connectivity index (χ0n) is 13.6. The Hall–Kier alpha value is -2.89. The number of furan rings is 1. The second-order valence-corrected chi connectivity index (χ2v) is 5.58. The summed E-state index contributed by atoms with van der Waals surface area (Å²) >= 11 is 0. The zero-order chi connectivity index (χ0) is 16.8. The van der Waals surface area contributed by atoms with Crippen LogP contribution in [-0.4, -0.2) is 32.1 Å². The van der Waals surface area contributed by atoms with E-state index < -0.39 is 0 Å². The van der Waals surface area contributed by atoms with Crippen molar-refractivity contribution in [3.63, 3.8) is 0 Å². The molecule has 1 aromatic carbocycles. The van der Waals surface area contributed by atoms with Crippen molar-refractivity contribution < 1.29 is 9.21 Å². The summed E-state index contributed by atoms with van der Waals surface area (Å²) in [5, 5.41) is 7.57. The van der Waals surface area contributed by atoms with Crippen molar-refractivity contribution >= 4 is 5.91 Å². The van der Waals surface area contributed by atoms with Gasteiger partial charge in [-0.1, -0.05) is 13.3 Å². The Labute approximate surface area is 140 Å². The van der Waals surface area contributed by atoms with Gasteiger partial charge in [0.2, 0.25) is 0 Å². The van der Waals surface area contributed by atoms with Crippen molar-refractivity contribution in [2.75, 3.05) is 6.54 Å². The Kier molecular flexibility index (Phi) is 5.05. The van der Waals surface area contributed by atoms with Gasteiger partial charge in [0.25, 0.3) is 5.91 Å². The van der Waals surface area contributed by atoms with Crippen molar-refractivity contribution in [2.45, 2.75) is 26.3 Å². The molecule has 0 N–H and O–H groups in total. The van der Waals surface area contributed by atoms with Crippen LogP contribution in [0.15, 0.2) is 59.7 Å². The molecule has 24 heavy (non-hydrogen) atoms. The van der Waals surface area contributed by atoms with Crippen molar-refractivity contribution in [1.29, 1.82) is 0 Å². The summed E-state index contributed by atoms with van der Waals surface area (Å²) in [5.41, 5.74) is 1.58. The van der Waals surface area contributed by atoms with Crippen LogP contribution in [0.4, 0.5) is 0 Å². The summed E-state index contributed by atoms with van der Waals surface area (Å²) < 4.78 is 7.18. The maximum Gasteiger partial charge on any atom is 0.254 e. The molecule has 2 aromatic heterocycles. The van der Waals surface area contributed by atoms with Crippen molar-refractivity contribution in [3.05, 3.63) is 66.6 Å². The number of carbonyl (C=O) groups excluding carboxylic acids is 1. The monoisotopic (exact) mass is 324 g/mol. The van der Waals surface area contributed by atoms with Crippen LogP contribution in [0.1, 0.15) is 35.9 Å². The van der Waals surface area contributed by atoms with Crippen molar-refractivity contribution in [1.82, 2.24) is 19.7 Å². The highest BCUT2D eigenvalue weighted by Gasteiger charge is 2.17. The second kappa shape index (κ2) is 7.59. The smallest absolute Gasteiger partial charge is 0.254 e. The SMILES string of the molecule is CCCCN(Cc1ccco1)C(=O)c1ccc(-n2cnnc2)cc1. The maximum atomic E-state index is 12.8. The molecule has 6 nitrogen and oxygen atoms in total. The number of amides is 1. The predicted molar refractivity (Wildman–Crippen MR) is 89.7 cm³/mol. The van der Waals surface area contributed by atoms with Gasteiger partial charge in [-0.05, 0) is 42.8 Å². The number of carbonyl (C=O) groups is 1. The Bertz CT molecular complexity index is 749. The fraction of sp³-hybridized carbons (Fsp3) is 0.278. The van der Waals surface area contributed by atoms with E-state index in [9.17, 15) is 4.79 Å². The van der Waals surface area contributed by atoms with E-state index in [1.807, 2.05) is 41.3 Å². The number of hydrogen-bond acceptors (Lipinski definition) is 4. The minimum absolute atomic E-state index is 0.00940. The van der Waals surface area contributed by atoms with Gasteiger partial charge in [-0.2, -0.15) is 0 Å². The molecule has 3 aromatic rings. The fourth-order valence-electron chi connectivity index (χ4n) is 2.48. The third-order valence-electron chi connectivity index (χ3n) is 3.83. The molecule has 0 aliphatic heterocycles. The van der Waals surface area contributed by atoms with Gasteiger partial charge in [0, 0.05) is 17.8 Å². The molecule has 0 aliphatic rings. The molecule has 0 saturated carbocycles. The highest BCUT2D eigenvalue weighted by molar-refractivity contribution is 5.94. The molecule has 0 radical (unpaired) electrons. The quantitative estimate of drug-likeness (QED) is 0.669. The Morgan fingerprint density at radius 3 is 2.54 bits per heavy atom. The van der Waals surface area contributed by atoms with E-state index in [4.69, 9.17) is 4.42 Å². The fourth-order valence-corrected chi connectivity index (χ4v) is 2.48. The van der Waals surface area contributed by atoms with Gasteiger partial charge in [-0.25, -0.2) is 0 Å². The first-order valence-corrected chi connectivity index (χ1v) is 8.04. The van der Waals surface area contributed by atoms with Gasteiger partial charge in [0.1, 0.15) is 18.4 Å². The molecule has 0 atom stereocenters. The molecule has 0 spiro atoms. The number of aromatic nitrogens is 3. The highest BCUT2D eigenvalue weighted by atomic mass is 16.3. The van der Waals surface area contributed by atoms with E-state index in [-0.39, 0.29) is 5.91 Å². The molecule has 6 heteroatoms. The minimum Gasteiger partial charge on any atom is -0.467 e. The van der Waals surface area contributed by atoms with Crippen LogP contribution in [0.25, 0.3) is 5.69 Å². The average molecular weight is 324 g/mol. The molecule has 0 fully saturated rings. The first-order chi connectivity index (χ1) is 11.8. The summed E-state index contributed by atoms with van der Waals surface area (Å²) in [6.07, 6.45) is 6.88. The number of rotatable bonds is 7. The lowest BCUT2D eigenvalue weighted by Crippen LogP contribution is -2.31. The summed E-state index contributed by atoms with van der Waals surface area (Å²) in [4.78, 5) is 14.7. The van der Waals surface area contributed by atoms with Gasteiger partial charge in [-0.15, -0.1) is 10.2 Å². The first kappa shape index (κ1) is 16.0. The van der Waals surface area contributed by atoms with Crippen molar-refractivity contribution in [3.8, 4) is 5.69 Å².